The van der Waals surface area contributed by atoms with Crippen molar-refractivity contribution in [1.29, 1.82) is 0 Å². The van der Waals surface area contributed by atoms with E-state index in [9.17, 15) is 0 Å². The first kappa shape index (κ1) is 10.1. The molecule has 0 bridgehead atoms. The zero-order valence-corrected chi connectivity index (χ0v) is 9.02. The Hall–Kier alpha value is -1.48. The molecular formula is C12H11NOS. The van der Waals surface area contributed by atoms with Crippen LogP contribution in [-0.4, -0.2) is 10.9 Å². The van der Waals surface area contributed by atoms with Crippen LogP contribution in [0.15, 0.2) is 47.1 Å². The highest BCUT2D eigenvalue weighted by molar-refractivity contribution is 7.80. The molecule has 0 aliphatic carbocycles. The van der Waals surface area contributed by atoms with Crippen molar-refractivity contribution in [3.63, 3.8) is 0 Å². The van der Waals surface area contributed by atoms with E-state index in [-0.39, 0.29) is 0 Å². The second kappa shape index (κ2) is 4.84. The van der Waals surface area contributed by atoms with Crippen LogP contribution >= 0.6 is 12.6 Å². The average Bonchev–Trinajstić information content (AvgIpc) is 2.80. The predicted molar refractivity (Wildman–Crippen MR) is 64.8 cm³/mol. The normalized spacial score (nSPS) is 11.0. The quantitative estimate of drug-likeness (QED) is 0.798. The summed E-state index contributed by atoms with van der Waals surface area (Å²) in [7, 11) is 0. The Morgan fingerprint density at radius 3 is 2.60 bits per heavy atom. The number of thiol groups is 1. The van der Waals surface area contributed by atoms with Crippen LogP contribution in [0, 0.1) is 0 Å². The van der Waals surface area contributed by atoms with Crippen molar-refractivity contribution < 1.29 is 4.52 Å². The van der Waals surface area contributed by atoms with Gasteiger partial charge in [-0.15, -0.1) is 0 Å². The van der Waals surface area contributed by atoms with E-state index < -0.39 is 0 Å². The zero-order chi connectivity index (χ0) is 10.5. The highest BCUT2D eigenvalue weighted by Gasteiger charge is 1.99. The molecule has 0 saturated heterocycles. The molecule has 3 heteroatoms. The molecule has 0 spiro atoms. The molecule has 76 valence electrons. The van der Waals surface area contributed by atoms with Gasteiger partial charge in [0.2, 0.25) is 0 Å². The van der Waals surface area contributed by atoms with Crippen LogP contribution in [-0.2, 0) is 0 Å². The summed E-state index contributed by atoms with van der Waals surface area (Å²) in [5.74, 6) is 1.55. The van der Waals surface area contributed by atoms with Crippen molar-refractivity contribution in [2.45, 2.75) is 0 Å². The van der Waals surface area contributed by atoms with E-state index in [1.54, 1.807) is 6.20 Å². The Labute approximate surface area is 94.0 Å². The number of benzene rings is 1. The minimum Gasteiger partial charge on any atom is -0.356 e. The van der Waals surface area contributed by atoms with Crippen LogP contribution < -0.4 is 0 Å². The molecule has 15 heavy (non-hydrogen) atoms. The lowest BCUT2D eigenvalue weighted by atomic mass is 10.1. The van der Waals surface area contributed by atoms with Crippen molar-refractivity contribution in [2.24, 2.45) is 0 Å². The summed E-state index contributed by atoms with van der Waals surface area (Å²) < 4.78 is 5.06. The molecule has 0 unspecified atom stereocenters. The number of hydrogen-bond acceptors (Lipinski definition) is 3. The molecule has 0 amide bonds. The van der Waals surface area contributed by atoms with Gasteiger partial charge in [0.05, 0.1) is 6.20 Å². The maximum absolute atomic E-state index is 5.06. The third-order valence-electron chi connectivity index (χ3n) is 2.05. The molecule has 1 heterocycles. The first-order chi connectivity index (χ1) is 7.40. The third kappa shape index (κ3) is 2.50. The van der Waals surface area contributed by atoms with Gasteiger partial charge in [0.15, 0.2) is 5.76 Å². The van der Waals surface area contributed by atoms with Crippen LogP contribution in [0.2, 0.25) is 0 Å². The van der Waals surface area contributed by atoms with Gasteiger partial charge in [-0.25, -0.2) is 0 Å². The monoisotopic (exact) mass is 217 g/mol. The second-order valence-corrected chi connectivity index (χ2v) is 3.45. The van der Waals surface area contributed by atoms with E-state index in [2.05, 4.69) is 17.8 Å². The van der Waals surface area contributed by atoms with Gasteiger partial charge in [0.1, 0.15) is 0 Å². The van der Waals surface area contributed by atoms with Crippen molar-refractivity contribution in [3.05, 3.63) is 48.2 Å². The van der Waals surface area contributed by atoms with E-state index in [1.807, 2.05) is 42.5 Å². The smallest absolute Gasteiger partial charge is 0.166 e. The van der Waals surface area contributed by atoms with Gasteiger partial charge in [-0.3, -0.25) is 0 Å². The Balaban J connectivity index is 2.21. The molecule has 0 radical (unpaired) electrons. The number of nitrogens with zero attached hydrogens (tertiary/aromatic N) is 1. The molecule has 2 aromatic rings. The molecule has 0 fully saturated rings. The van der Waals surface area contributed by atoms with Crippen molar-refractivity contribution in [3.8, 4) is 11.3 Å². The highest BCUT2D eigenvalue weighted by Crippen LogP contribution is 2.19. The fraction of sp³-hybridized carbons (Fsp3) is 0.0833. The lowest BCUT2D eigenvalue weighted by molar-refractivity contribution is 0.432. The lowest BCUT2D eigenvalue weighted by Gasteiger charge is -1.96. The van der Waals surface area contributed by atoms with Gasteiger partial charge in [0.25, 0.3) is 0 Å². The predicted octanol–water partition coefficient (Wildman–Crippen LogP) is 3.28. The van der Waals surface area contributed by atoms with Crippen LogP contribution in [0.5, 0.6) is 0 Å². The molecular weight excluding hydrogens is 206 g/mol. The van der Waals surface area contributed by atoms with Gasteiger partial charge in [-0.2, -0.15) is 12.6 Å². The number of rotatable bonds is 3. The minimum atomic E-state index is 0.754. The topological polar surface area (TPSA) is 26.0 Å². The Bertz CT molecular complexity index is 431. The second-order valence-electron chi connectivity index (χ2n) is 3.08. The molecule has 0 aliphatic heterocycles. The molecule has 0 aliphatic rings. The number of hydrogen-bond donors (Lipinski definition) is 1. The molecule has 2 rings (SSSR count). The third-order valence-corrected chi connectivity index (χ3v) is 2.26. The standard InChI is InChI=1S/C12H11NOS/c15-9-1-2-10-3-5-11(6-4-10)12-7-8-13-14-12/h1-8,15H,9H2. The van der Waals surface area contributed by atoms with E-state index in [0.717, 1.165) is 22.6 Å². The Morgan fingerprint density at radius 1 is 1.20 bits per heavy atom. The molecule has 1 aromatic carbocycles. The van der Waals surface area contributed by atoms with Crippen molar-refractivity contribution in [1.82, 2.24) is 5.16 Å². The number of aromatic nitrogens is 1. The maximum Gasteiger partial charge on any atom is 0.166 e. The van der Waals surface area contributed by atoms with E-state index in [4.69, 9.17) is 4.52 Å². The zero-order valence-electron chi connectivity index (χ0n) is 8.13. The largest absolute Gasteiger partial charge is 0.356 e. The summed E-state index contributed by atoms with van der Waals surface area (Å²) in [6.07, 6.45) is 5.69. The van der Waals surface area contributed by atoms with Gasteiger partial charge in [-0.05, 0) is 5.56 Å². The molecule has 0 saturated carbocycles. The van der Waals surface area contributed by atoms with Crippen LogP contribution in [0.1, 0.15) is 5.56 Å². The molecule has 1 aromatic heterocycles. The summed E-state index contributed by atoms with van der Waals surface area (Å²) in [6, 6.07) is 9.95. The maximum atomic E-state index is 5.06. The molecule has 0 atom stereocenters. The lowest BCUT2D eigenvalue weighted by Crippen LogP contribution is -1.75. The first-order valence-corrected chi connectivity index (χ1v) is 5.32. The van der Waals surface area contributed by atoms with Gasteiger partial charge in [-0.1, -0.05) is 41.6 Å². The van der Waals surface area contributed by atoms with E-state index >= 15 is 0 Å². The summed E-state index contributed by atoms with van der Waals surface area (Å²) >= 11 is 4.11. The van der Waals surface area contributed by atoms with Gasteiger partial charge in [0, 0.05) is 17.4 Å². The first-order valence-electron chi connectivity index (χ1n) is 4.68. The summed E-state index contributed by atoms with van der Waals surface area (Å²) in [5.41, 5.74) is 2.20. The minimum absolute atomic E-state index is 0.754. The average molecular weight is 217 g/mol. The SMILES string of the molecule is SCC=Cc1ccc(-c2ccno2)cc1. The van der Waals surface area contributed by atoms with Crippen molar-refractivity contribution in [2.75, 3.05) is 5.75 Å². The summed E-state index contributed by atoms with van der Waals surface area (Å²) in [6.45, 7) is 0. The summed E-state index contributed by atoms with van der Waals surface area (Å²) in [4.78, 5) is 0. The molecule has 2 nitrogen and oxygen atoms in total. The molecule has 0 N–H and O–H groups in total. The Kier molecular flexibility index (Phi) is 3.25. The highest BCUT2D eigenvalue weighted by atomic mass is 32.1. The van der Waals surface area contributed by atoms with Gasteiger partial charge < -0.3 is 4.52 Å². The van der Waals surface area contributed by atoms with Crippen LogP contribution in [0.3, 0.4) is 0 Å². The fourth-order valence-corrected chi connectivity index (χ4v) is 1.42. The van der Waals surface area contributed by atoms with Gasteiger partial charge >= 0.3 is 0 Å². The summed E-state index contributed by atoms with van der Waals surface area (Å²) in [5, 5.41) is 3.67. The van der Waals surface area contributed by atoms with Crippen LogP contribution in [0.4, 0.5) is 0 Å². The van der Waals surface area contributed by atoms with Crippen molar-refractivity contribution >= 4 is 18.7 Å². The van der Waals surface area contributed by atoms with E-state index in [0.29, 0.717) is 0 Å². The van der Waals surface area contributed by atoms with Crippen LogP contribution in [0.25, 0.3) is 17.4 Å². The Morgan fingerprint density at radius 2 is 2.00 bits per heavy atom. The fourth-order valence-electron chi connectivity index (χ4n) is 1.31. The van der Waals surface area contributed by atoms with E-state index in [1.165, 1.54) is 0 Å².